The summed E-state index contributed by atoms with van der Waals surface area (Å²) >= 11 is 0. The minimum atomic E-state index is -0.847. The number of aliphatic carboxylic acids is 1. The Morgan fingerprint density at radius 3 is 2.89 bits per heavy atom. The molecule has 0 fully saturated rings. The molecular weight excluding hydrogens is 232 g/mol. The average molecular weight is 248 g/mol. The summed E-state index contributed by atoms with van der Waals surface area (Å²) in [5.74, 6) is -1.50. The fourth-order valence-corrected chi connectivity index (χ4v) is 2.13. The molecule has 2 rings (SSSR count). The number of hydrogen-bond donors (Lipinski definition) is 2. The normalized spacial score (nSPS) is 22.1. The van der Waals surface area contributed by atoms with Gasteiger partial charge in [0, 0.05) is 18.8 Å². The Balaban J connectivity index is 1.98. The first-order valence-corrected chi connectivity index (χ1v) is 5.99. The smallest absolute Gasteiger partial charge is 0.310 e. The lowest BCUT2D eigenvalue weighted by atomic mass is 10.1. The van der Waals surface area contributed by atoms with Gasteiger partial charge < -0.3 is 15.0 Å². The maximum Gasteiger partial charge on any atom is 0.310 e. The fourth-order valence-electron chi connectivity index (χ4n) is 2.13. The van der Waals surface area contributed by atoms with Gasteiger partial charge >= 0.3 is 5.97 Å². The molecule has 96 valence electrons. The largest absolute Gasteiger partial charge is 0.481 e. The molecular formula is C13H16N2O3. The number of nitrogens with one attached hydrogen (secondary N) is 1. The molecule has 1 amide bonds. The molecule has 0 aromatic carbocycles. The monoisotopic (exact) mass is 248 g/mol. The number of carboxylic acid groups (broad SMARTS) is 1. The van der Waals surface area contributed by atoms with Crippen molar-refractivity contribution in [1.29, 1.82) is 0 Å². The van der Waals surface area contributed by atoms with E-state index < -0.39 is 11.9 Å². The van der Waals surface area contributed by atoms with Crippen LogP contribution in [0.2, 0.25) is 0 Å². The minimum absolute atomic E-state index is 0.164. The molecule has 2 unspecified atom stereocenters. The summed E-state index contributed by atoms with van der Waals surface area (Å²) in [5.41, 5.74) is 0.602. The van der Waals surface area contributed by atoms with Crippen LogP contribution in [-0.2, 0) is 11.3 Å². The Bertz CT molecular complexity index is 490. The second-order valence-corrected chi connectivity index (χ2v) is 4.32. The molecule has 1 aromatic rings. The van der Waals surface area contributed by atoms with Crippen LogP contribution in [0.5, 0.6) is 0 Å². The quantitative estimate of drug-likeness (QED) is 0.788. The Hall–Kier alpha value is -2.04. The van der Waals surface area contributed by atoms with Crippen LogP contribution in [0, 0.1) is 5.92 Å². The van der Waals surface area contributed by atoms with Gasteiger partial charge in [-0.15, -0.1) is 0 Å². The maximum atomic E-state index is 12.0. The molecule has 5 heteroatoms. The third-order valence-electron chi connectivity index (χ3n) is 3.12. The van der Waals surface area contributed by atoms with Gasteiger partial charge in [0.15, 0.2) is 0 Å². The van der Waals surface area contributed by atoms with Crippen molar-refractivity contribution >= 4 is 11.9 Å². The summed E-state index contributed by atoms with van der Waals surface area (Å²) in [6.45, 7) is 2.70. The van der Waals surface area contributed by atoms with Gasteiger partial charge in [0.1, 0.15) is 5.69 Å². The van der Waals surface area contributed by atoms with E-state index in [9.17, 15) is 9.59 Å². The summed E-state index contributed by atoms with van der Waals surface area (Å²) in [4.78, 5) is 22.8. The Morgan fingerprint density at radius 1 is 1.50 bits per heavy atom. The highest BCUT2D eigenvalue weighted by atomic mass is 16.4. The van der Waals surface area contributed by atoms with Crippen molar-refractivity contribution in [2.75, 3.05) is 0 Å². The summed E-state index contributed by atoms with van der Waals surface area (Å²) < 4.78 is 1.85. The molecule has 0 spiro atoms. The van der Waals surface area contributed by atoms with E-state index in [0.717, 1.165) is 6.54 Å². The standard InChI is InChI=1S/C13H16N2O3/c1-2-15-7-3-4-11(15)12(16)14-10-6-5-9(8-10)13(17)18/h3-7,9-10H,2,8H2,1H3,(H,14,16)(H,17,18). The number of carbonyl (C=O) groups excluding carboxylic acids is 1. The third-order valence-corrected chi connectivity index (χ3v) is 3.12. The van der Waals surface area contributed by atoms with E-state index in [1.807, 2.05) is 23.8 Å². The van der Waals surface area contributed by atoms with Crippen molar-refractivity contribution in [1.82, 2.24) is 9.88 Å². The lowest BCUT2D eigenvalue weighted by Gasteiger charge is -2.13. The van der Waals surface area contributed by atoms with E-state index in [-0.39, 0.29) is 11.9 Å². The van der Waals surface area contributed by atoms with Gasteiger partial charge in [-0.2, -0.15) is 0 Å². The molecule has 1 aliphatic rings. The molecule has 0 saturated carbocycles. The van der Waals surface area contributed by atoms with Crippen molar-refractivity contribution in [3.8, 4) is 0 Å². The fraction of sp³-hybridized carbons (Fsp3) is 0.385. The number of amides is 1. The van der Waals surface area contributed by atoms with Gasteiger partial charge in [-0.25, -0.2) is 0 Å². The molecule has 1 aliphatic carbocycles. The lowest BCUT2D eigenvalue weighted by Crippen LogP contribution is -2.34. The van der Waals surface area contributed by atoms with Crippen molar-refractivity contribution < 1.29 is 14.7 Å². The first kappa shape index (κ1) is 12.4. The van der Waals surface area contributed by atoms with Crippen LogP contribution in [0.25, 0.3) is 0 Å². The molecule has 0 saturated heterocycles. The van der Waals surface area contributed by atoms with E-state index in [4.69, 9.17) is 5.11 Å². The Labute approximate surface area is 105 Å². The highest BCUT2D eigenvalue weighted by molar-refractivity contribution is 5.93. The number of aryl methyl sites for hydroxylation is 1. The van der Waals surface area contributed by atoms with Crippen LogP contribution in [-0.4, -0.2) is 27.6 Å². The molecule has 2 N–H and O–H groups in total. The van der Waals surface area contributed by atoms with E-state index in [2.05, 4.69) is 5.32 Å². The highest BCUT2D eigenvalue weighted by Crippen LogP contribution is 2.18. The number of carboxylic acids is 1. The zero-order chi connectivity index (χ0) is 13.1. The molecule has 0 bridgehead atoms. The molecule has 2 atom stereocenters. The number of carbonyl (C=O) groups is 2. The van der Waals surface area contributed by atoms with Crippen molar-refractivity contribution in [2.24, 2.45) is 5.92 Å². The van der Waals surface area contributed by atoms with E-state index in [1.165, 1.54) is 0 Å². The average Bonchev–Trinajstić information content (AvgIpc) is 2.96. The second-order valence-electron chi connectivity index (χ2n) is 4.32. The number of aromatic nitrogens is 1. The molecule has 0 aliphatic heterocycles. The van der Waals surface area contributed by atoms with Crippen LogP contribution in [0.3, 0.4) is 0 Å². The van der Waals surface area contributed by atoms with Crippen LogP contribution in [0.4, 0.5) is 0 Å². The predicted octanol–water partition coefficient (Wildman–Crippen LogP) is 1.27. The van der Waals surface area contributed by atoms with Gasteiger partial charge in [-0.1, -0.05) is 12.2 Å². The van der Waals surface area contributed by atoms with Gasteiger partial charge in [-0.05, 0) is 25.5 Å². The zero-order valence-electron chi connectivity index (χ0n) is 10.2. The maximum absolute atomic E-state index is 12.0. The van der Waals surface area contributed by atoms with Crippen LogP contribution < -0.4 is 5.32 Å². The molecule has 1 aromatic heterocycles. The van der Waals surface area contributed by atoms with Gasteiger partial charge in [-0.3, -0.25) is 9.59 Å². The van der Waals surface area contributed by atoms with E-state index >= 15 is 0 Å². The number of rotatable bonds is 4. The highest BCUT2D eigenvalue weighted by Gasteiger charge is 2.26. The summed E-state index contributed by atoms with van der Waals surface area (Å²) in [6.07, 6.45) is 5.65. The van der Waals surface area contributed by atoms with Crippen molar-refractivity contribution in [3.63, 3.8) is 0 Å². The van der Waals surface area contributed by atoms with Gasteiger partial charge in [0.2, 0.25) is 0 Å². The first-order valence-electron chi connectivity index (χ1n) is 5.99. The van der Waals surface area contributed by atoms with E-state index in [0.29, 0.717) is 12.1 Å². The van der Waals surface area contributed by atoms with E-state index in [1.54, 1.807) is 18.2 Å². The number of hydrogen-bond acceptors (Lipinski definition) is 2. The van der Waals surface area contributed by atoms with Crippen LogP contribution in [0.15, 0.2) is 30.5 Å². The number of nitrogens with zero attached hydrogens (tertiary/aromatic N) is 1. The molecule has 18 heavy (non-hydrogen) atoms. The third kappa shape index (κ3) is 2.45. The van der Waals surface area contributed by atoms with Crippen molar-refractivity contribution in [3.05, 3.63) is 36.2 Å². The Kier molecular flexibility index (Phi) is 3.50. The first-order chi connectivity index (χ1) is 8.61. The minimum Gasteiger partial charge on any atom is -0.481 e. The second kappa shape index (κ2) is 5.08. The van der Waals surface area contributed by atoms with Crippen molar-refractivity contribution in [2.45, 2.75) is 25.9 Å². The van der Waals surface area contributed by atoms with Crippen LogP contribution in [0.1, 0.15) is 23.8 Å². The van der Waals surface area contributed by atoms with Gasteiger partial charge in [0.25, 0.3) is 5.91 Å². The lowest BCUT2D eigenvalue weighted by molar-refractivity contribution is -0.140. The summed E-state index contributed by atoms with van der Waals surface area (Å²) in [7, 11) is 0. The molecule has 0 radical (unpaired) electrons. The Morgan fingerprint density at radius 2 is 2.28 bits per heavy atom. The SMILES string of the molecule is CCn1cccc1C(=O)NC1C=CC(C(=O)O)C1. The molecule has 1 heterocycles. The summed E-state index contributed by atoms with van der Waals surface area (Å²) in [5, 5.41) is 11.7. The topological polar surface area (TPSA) is 71.3 Å². The van der Waals surface area contributed by atoms with Gasteiger partial charge in [0.05, 0.1) is 5.92 Å². The predicted molar refractivity (Wildman–Crippen MR) is 66.2 cm³/mol. The zero-order valence-corrected chi connectivity index (χ0v) is 10.2. The molecule has 5 nitrogen and oxygen atoms in total. The summed E-state index contributed by atoms with van der Waals surface area (Å²) in [6, 6.07) is 3.38. The van der Waals surface area contributed by atoms with Crippen LogP contribution >= 0.6 is 0 Å².